The number of fused-ring (bicyclic) bond motifs is 1. The highest BCUT2D eigenvalue weighted by atomic mass is 35.5. The number of sulfonamides is 1. The van der Waals surface area contributed by atoms with Crippen LogP contribution in [-0.2, 0) is 26.0 Å². The summed E-state index contributed by atoms with van der Waals surface area (Å²) in [5, 5.41) is 3.14. The molecule has 0 saturated carbocycles. The predicted molar refractivity (Wildman–Crippen MR) is 129 cm³/mol. The molecule has 2 heterocycles. The number of amides is 2. The van der Waals surface area contributed by atoms with E-state index in [1.165, 1.54) is 16.4 Å². The second-order valence-electron chi connectivity index (χ2n) is 8.44. The van der Waals surface area contributed by atoms with Crippen LogP contribution in [0.1, 0.15) is 31.2 Å². The molecule has 2 aliphatic rings. The Morgan fingerprint density at radius 1 is 1.12 bits per heavy atom. The molecule has 1 fully saturated rings. The van der Waals surface area contributed by atoms with Gasteiger partial charge in [-0.1, -0.05) is 29.8 Å². The molecular formula is C24H28ClN3O5S. The Kier molecular flexibility index (Phi) is 7.63. The van der Waals surface area contributed by atoms with Gasteiger partial charge in [0.25, 0.3) is 10.0 Å². The number of para-hydroxylation sites is 1. The number of rotatable bonds is 8. The second kappa shape index (κ2) is 10.7. The van der Waals surface area contributed by atoms with E-state index in [1.54, 1.807) is 29.2 Å². The highest BCUT2D eigenvalue weighted by molar-refractivity contribution is 7.92. The van der Waals surface area contributed by atoms with Crippen molar-refractivity contribution in [3.63, 3.8) is 0 Å². The van der Waals surface area contributed by atoms with E-state index in [9.17, 15) is 18.0 Å². The van der Waals surface area contributed by atoms with E-state index in [2.05, 4.69) is 5.32 Å². The molecule has 1 N–H and O–H groups in total. The van der Waals surface area contributed by atoms with Crippen molar-refractivity contribution in [2.45, 2.75) is 43.0 Å². The summed E-state index contributed by atoms with van der Waals surface area (Å²) in [5.74, 6) is 0.155. The Bertz CT molecular complexity index is 1140. The van der Waals surface area contributed by atoms with E-state index in [4.69, 9.17) is 16.3 Å². The number of anilines is 1. The van der Waals surface area contributed by atoms with Crippen molar-refractivity contribution < 1.29 is 22.7 Å². The summed E-state index contributed by atoms with van der Waals surface area (Å²) in [4.78, 5) is 25.8. The first-order valence-corrected chi connectivity index (χ1v) is 13.2. The molecule has 2 amide bonds. The summed E-state index contributed by atoms with van der Waals surface area (Å²) in [7, 11) is -3.90. The summed E-state index contributed by atoms with van der Waals surface area (Å²) < 4.78 is 33.9. The molecule has 0 spiro atoms. The summed E-state index contributed by atoms with van der Waals surface area (Å²) in [6.07, 6.45) is 2.71. The Hall–Kier alpha value is -2.78. The van der Waals surface area contributed by atoms with Gasteiger partial charge in [0.2, 0.25) is 5.91 Å². The fourth-order valence-corrected chi connectivity index (χ4v) is 6.22. The van der Waals surface area contributed by atoms with Crippen LogP contribution in [0, 0.1) is 0 Å². The maximum atomic E-state index is 13.6. The van der Waals surface area contributed by atoms with Crippen LogP contribution in [0.4, 0.5) is 10.5 Å². The molecule has 0 aromatic heterocycles. The highest BCUT2D eigenvalue weighted by Crippen LogP contribution is 2.35. The third-order valence-corrected chi connectivity index (χ3v) is 8.26. The van der Waals surface area contributed by atoms with Gasteiger partial charge in [-0.2, -0.15) is 0 Å². The van der Waals surface area contributed by atoms with Gasteiger partial charge in [0.05, 0.1) is 16.6 Å². The van der Waals surface area contributed by atoms with Crippen molar-refractivity contribution >= 4 is 39.3 Å². The average Bonchev–Trinajstić information content (AvgIpc) is 3.24. The second-order valence-corrected chi connectivity index (χ2v) is 10.7. The largest absolute Gasteiger partial charge is 0.447 e. The highest BCUT2D eigenvalue weighted by Gasteiger charge is 2.36. The first-order valence-electron chi connectivity index (χ1n) is 11.4. The van der Waals surface area contributed by atoms with Crippen LogP contribution in [-0.4, -0.2) is 57.6 Å². The zero-order valence-electron chi connectivity index (χ0n) is 18.8. The number of likely N-dealkylation sites (tertiary alicyclic amines) is 1. The summed E-state index contributed by atoms with van der Waals surface area (Å²) in [6.45, 7) is 1.68. The minimum absolute atomic E-state index is 0.0718. The summed E-state index contributed by atoms with van der Waals surface area (Å²) in [5.41, 5.74) is 1.52. The molecule has 1 atom stereocenters. The maximum Gasteiger partial charge on any atom is 0.407 e. The molecule has 1 saturated heterocycles. The number of carbonyl (C=O) groups is 2. The SMILES string of the molecule is O=C(NCCCN1CCCC1=O)OCC1CCc2ccccc2N1S(=O)(=O)c1ccc(Cl)cc1. The van der Waals surface area contributed by atoms with Gasteiger partial charge in [0.1, 0.15) is 6.61 Å². The Labute approximate surface area is 204 Å². The van der Waals surface area contributed by atoms with Crippen molar-refractivity contribution in [2.24, 2.45) is 0 Å². The van der Waals surface area contributed by atoms with Crippen molar-refractivity contribution in [2.75, 3.05) is 30.5 Å². The molecule has 10 heteroatoms. The van der Waals surface area contributed by atoms with Crippen LogP contribution < -0.4 is 9.62 Å². The van der Waals surface area contributed by atoms with E-state index in [0.717, 1.165) is 18.5 Å². The van der Waals surface area contributed by atoms with Gasteiger partial charge < -0.3 is 15.0 Å². The minimum Gasteiger partial charge on any atom is -0.447 e. The number of nitrogens with one attached hydrogen (secondary N) is 1. The van der Waals surface area contributed by atoms with Gasteiger partial charge in [0, 0.05) is 31.1 Å². The minimum atomic E-state index is -3.90. The van der Waals surface area contributed by atoms with Crippen molar-refractivity contribution in [1.82, 2.24) is 10.2 Å². The summed E-state index contributed by atoms with van der Waals surface area (Å²) in [6, 6.07) is 12.9. The average molecular weight is 506 g/mol. The van der Waals surface area contributed by atoms with Gasteiger partial charge in [0.15, 0.2) is 0 Å². The summed E-state index contributed by atoms with van der Waals surface area (Å²) >= 11 is 5.95. The fraction of sp³-hybridized carbons (Fsp3) is 0.417. The molecule has 2 aromatic rings. The number of nitrogens with zero attached hydrogens (tertiary/aromatic N) is 2. The Balaban J connectivity index is 1.40. The zero-order valence-corrected chi connectivity index (χ0v) is 20.4. The fourth-order valence-electron chi connectivity index (χ4n) is 4.39. The van der Waals surface area contributed by atoms with Gasteiger partial charge in [-0.15, -0.1) is 0 Å². The lowest BCUT2D eigenvalue weighted by Crippen LogP contribution is -2.47. The quantitative estimate of drug-likeness (QED) is 0.553. The molecule has 2 aromatic carbocycles. The van der Waals surface area contributed by atoms with Crippen LogP contribution in [0.15, 0.2) is 53.4 Å². The van der Waals surface area contributed by atoms with Crippen molar-refractivity contribution in [3.05, 3.63) is 59.1 Å². The number of hydrogen-bond acceptors (Lipinski definition) is 5. The molecule has 0 aliphatic carbocycles. The number of benzene rings is 2. The van der Waals surface area contributed by atoms with Gasteiger partial charge >= 0.3 is 6.09 Å². The molecule has 182 valence electrons. The van der Waals surface area contributed by atoms with Crippen LogP contribution in [0.3, 0.4) is 0 Å². The lowest BCUT2D eigenvalue weighted by atomic mass is 9.98. The monoisotopic (exact) mass is 505 g/mol. The first-order chi connectivity index (χ1) is 16.4. The Morgan fingerprint density at radius 3 is 2.62 bits per heavy atom. The third kappa shape index (κ3) is 5.47. The molecular weight excluding hydrogens is 478 g/mol. The standard InChI is InChI=1S/C24H28ClN3O5S/c25-19-9-12-21(13-10-19)34(31,32)28-20(11-8-18-5-1-2-6-22(18)28)17-33-24(30)26-14-4-16-27-15-3-7-23(27)29/h1-2,5-6,9-10,12-13,20H,3-4,7-8,11,14-17H2,(H,26,30). The molecule has 34 heavy (non-hydrogen) atoms. The molecule has 1 unspecified atom stereocenters. The zero-order chi connectivity index (χ0) is 24.1. The molecule has 0 bridgehead atoms. The van der Waals surface area contributed by atoms with Gasteiger partial charge in [-0.05, 0) is 61.6 Å². The normalized spacial score (nSPS) is 18.0. The van der Waals surface area contributed by atoms with Crippen LogP contribution in [0.25, 0.3) is 0 Å². The predicted octanol–water partition coefficient (Wildman–Crippen LogP) is 3.59. The lowest BCUT2D eigenvalue weighted by molar-refractivity contribution is -0.127. The number of aryl methyl sites for hydroxylation is 1. The van der Waals surface area contributed by atoms with Crippen molar-refractivity contribution in [3.8, 4) is 0 Å². The number of carbonyl (C=O) groups excluding carboxylic acids is 2. The Morgan fingerprint density at radius 2 is 1.88 bits per heavy atom. The van der Waals surface area contributed by atoms with E-state index in [1.807, 2.05) is 12.1 Å². The van der Waals surface area contributed by atoms with Crippen molar-refractivity contribution in [1.29, 1.82) is 0 Å². The van der Waals surface area contributed by atoms with Gasteiger partial charge in [-0.3, -0.25) is 9.10 Å². The smallest absolute Gasteiger partial charge is 0.407 e. The molecule has 2 aliphatic heterocycles. The lowest BCUT2D eigenvalue weighted by Gasteiger charge is -2.37. The van der Waals surface area contributed by atoms with Crippen LogP contribution >= 0.6 is 11.6 Å². The van der Waals surface area contributed by atoms with Crippen LogP contribution in [0.5, 0.6) is 0 Å². The van der Waals surface area contributed by atoms with Gasteiger partial charge in [-0.25, -0.2) is 13.2 Å². The van der Waals surface area contributed by atoms with E-state index < -0.39 is 22.2 Å². The number of ether oxygens (including phenoxy) is 1. The van der Waals surface area contributed by atoms with E-state index in [-0.39, 0.29) is 17.4 Å². The number of halogens is 1. The number of hydrogen-bond donors (Lipinski definition) is 1. The molecule has 8 nitrogen and oxygen atoms in total. The van der Waals surface area contributed by atoms with E-state index >= 15 is 0 Å². The first kappa shape index (κ1) is 24.3. The maximum absolute atomic E-state index is 13.6. The number of alkyl carbamates (subject to hydrolysis) is 1. The molecule has 4 rings (SSSR count). The van der Waals surface area contributed by atoms with E-state index in [0.29, 0.717) is 49.5 Å². The van der Waals surface area contributed by atoms with Crippen LogP contribution in [0.2, 0.25) is 5.02 Å². The molecule has 0 radical (unpaired) electrons. The topological polar surface area (TPSA) is 96.0 Å². The third-order valence-electron chi connectivity index (χ3n) is 6.13.